The summed E-state index contributed by atoms with van der Waals surface area (Å²) in [4.78, 5) is 0. The summed E-state index contributed by atoms with van der Waals surface area (Å²) in [6, 6.07) is 26.3. The average molecular weight is 664 g/mol. The summed E-state index contributed by atoms with van der Waals surface area (Å²) >= 11 is 0. The Morgan fingerprint density at radius 2 is 0.795 bits per heavy atom. The van der Waals surface area contributed by atoms with Gasteiger partial charge >= 0.3 is 0 Å². The van der Waals surface area contributed by atoms with Crippen molar-refractivity contribution in [3.05, 3.63) is 108 Å². The van der Waals surface area contributed by atoms with Crippen molar-refractivity contribution in [3.8, 4) is 0 Å². The van der Waals surface area contributed by atoms with Gasteiger partial charge in [-0.1, -0.05) is 91.0 Å². The highest BCUT2D eigenvalue weighted by atomic mass is 32.2. The van der Waals surface area contributed by atoms with Crippen molar-refractivity contribution in [1.29, 1.82) is 0 Å². The van der Waals surface area contributed by atoms with E-state index < -0.39 is 42.6 Å². The molecule has 0 aliphatic carbocycles. The topological polar surface area (TPSA) is 132 Å². The molecular formula is C31H41N3O7S3. The second kappa shape index (κ2) is 15.6. The van der Waals surface area contributed by atoms with E-state index in [0.29, 0.717) is 16.7 Å². The summed E-state index contributed by atoms with van der Waals surface area (Å²) in [6.45, 7) is -0.397. The molecule has 13 heteroatoms. The van der Waals surface area contributed by atoms with E-state index in [0.717, 1.165) is 0 Å². The molecule has 240 valence electrons. The highest BCUT2D eigenvalue weighted by Crippen LogP contribution is 2.20. The maximum atomic E-state index is 13.7. The lowest BCUT2D eigenvalue weighted by Crippen LogP contribution is -2.46. The van der Waals surface area contributed by atoms with Crippen LogP contribution < -0.4 is 0 Å². The van der Waals surface area contributed by atoms with E-state index in [1.54, 1.807) is 91.0 Å². The van der Waals surface area contributed by atoms with Gasteiger partial charge in [-0.2, -0.15) is 0 Å². The third-order valence-electron chi connectivity index (χ3n) is 7.57. The first kappa shape index (κ1) is 34.2. The molecule has 0 atom stereocenters. The molecule has 1 fully saturated rings. The van der Waals surface area contributed by atoms with E-state index in [1.165, 1.54) is 12.9 Å². The van der Waals surface area contributed by atoms with Crippen molar-refractivity contribution in [2.75, 3.05) is 45.9 Å². The van der Waals surface area contributed by atoms with Crippen molar-refractivity contribution in [2.24, 2.45) is 5.92 Å². The molecule has 0 unspecified atom stereocenters. The van der Waals surface area contributed by atoms with Crippen molar-refractivity contribution >= 4 is 30.1 Å². The quantitative estimate of drug-likeness (QED) is 0.353. The third kappa shape index (κ3) is 9.93. The van der Waals surface area contributed by atoms with Gasteiger partial charge in [0.2, 0.25) is 30.1 Å². The van der Waals surface area contributed by atoms with Crippen LogP contribution >= 0.6 is 0 Å². The van der Waals surface area contributed by atoms with Gasteiger partial charge in [0.25, 0.3) is 0 Å². The first-order chi connectivity index (χ1) is 21.0. The summed E-state index contributed by atoms with van der Waals surface area (Å²) in [5, 5.41) is 10.3. The van der Waals surface area contributed by atoms with Gasteiger partial charge in [-0.25, -0.2) is 38.2 Å². The minimum atomic E-state index is -3.88. The van der Waals surface area contributed by atoms with Gasteiger partial charge in [-0.15, -0.1) is 0 Å². The largest absolute Gasteiger partial charge is 0.396 e. The van der Waals surface area contributed by atoms with Crippen LogP contribution in [0.25, 0.3) is 0 Å². The molecule has 0 saturated carbocycles. The van der Waals surface area contributed by atoms with Gasteiger partial charge in [0.05, 0.1) is 17.3 Å². The Labute approximate surface area is 262 Å². The Morgan fingerprint density at radius 3 is 1.11 bits per heavy atom. The Balaban J connectivity index is 1.63. The van der Waals surface area contributed by atoms with Crippen molar-refractivity contribution in [3.63, 3.8) is 0 Å². The fourth-order valence-electron chi connectivity index (χ4n) is 5.30. The fraction of sp³-hybridized carbons (Fsp3) is 0.419. The van der Waals surface area contributed by atoms with Crippen molar-refractivity contribution in [2.45, 2.75) is 30.1 Å². The molecular weight excluding hydrogens is 623 g/mol. The van der Waals surface area contributed by atoms with Crippen LogP contribution in [0, 0.1) is 5.92 Å². The van der Waals surface area contributed by atoms with Crippen LogP contribution in [0.3, 0.4) is 0 Å². The van der Waals surface area contributed by atoms with Gasteiger partial charge in [-0.3, -0.25) is 0 Å². The smallest absolute Gasteiger partial charge is 0.218 e. The molecule has 0 bridgehead atoms. The van der Waals surface area contributed by atoms with Gasteiger partial charge in [-0.05, 0) is 29.5 Å². The van der Waals surface area contributed by atoms with E-state index in [-0.39, 0.29) is 69.4 Å². The summed E-state index contributed by atoms with van der Waals surface area (Å²) in [7, 11) is -11.6. The van der Waals surface area contributed by atoms with Crippen LogP contribution in [0.2, 0.25) is 0 Å². The molecule has 3 aromatic carbocycles. The standard InChI is InChI=1S/C31H41N3O7S3/c35-24-31-22-33(43(38,39)26-29-14-6-2-7-15-29)20-10-18-32(42(36,37)25-28-12-4-1-5-13-28)19-11-21-34(23-31)44(40,41)27-30-16-8-3-9-17-30/h1-9,12-17,31,35H,10-11,18-27H2. The minimum absolute atomic E-state index is 0.0276. The predicted molar refractivity (Wildman–Crippen MR) is 172 cm³/mol. The number of benzene rings is 3. The lowest BCUT2D eigenvalue weighted by Gasteiger charge is -2.32. The van der Waals surface area contributed by atoms with Gasteiger partial charge in [0.1, 0.15) is 0 Å². The zero-order valence-corrected chi connectivity index (χ0v) is 27.1. The fourth-order valence-corrected chi connectivity index (χ4v) is 10.2. The third-order valence-corrected chi connectivity index (χ3v) is 13.1. The summed E-state index contributed by atoms with van der Waals surface area (Å²) in [5.74, 6) is -1.42. The number of nitrogens with zero attached hydrogens (tertiary/aromatic N) is 3. The van der Waals surface area contributed by atoms with E-state index in [1.807, 2.05) is 0 Å². The second-order valence-electron chi connectivity index (χ2n) is 11.1. The van der Waals surface area contributed by atoms with Gasteiger partial charge < -0.3 is 5.11 Å². The lowest BCUT2D eigenvalue weighted by molar-refractivity contribution is 0.172. The van der Waals surface area contributed by atoms with Crippen LogP contribution in [-0.2, 0) is 47.3 Å². The number of rotatable bonds is 10. The van der Waals surface area contributed by atoms with Crippen LogP contribution in [-0.4, -0.2) is 89.2 Å². The Hall–Kier alpha value is -2.65. The van der Waals surface area contributed by atoms with E-state index in [9.17, 15) is 30.4 Å². The Bertz CT molecular complexity index is 1550. The van der Waals surface area contributed by atoms with E-state index in [2.05, 4.69) is 0 Å². The molecule has 4 rings (SSSR count). The van der Waals surface area contributed by atoms with Crippen LogP contribution in [0.15, 0.2) is 91.0 Å². The molecule has 0 aromatic heterocycles. The first-order valence-electron chi connectivity index (χ1n) is 14.6. The molecule has 1 heterocycles. The Morgan fingerprint density at radius 1 is 0.500 bits per heavy atom. The molecule has 0 spiro atoms. The van der Waals surface area contributed by atoms with Gasteiger partial charge in [0, 0.05) is 51.8 Å². The number of aliphatic hydroxyl groups is 1. The molecule has 3 aromatic rings. The molecule has 1 N–H and O–H groups in total. The zero-order valence-electron chi connectivity index (χ0n) is 24.7. The van der Waals surface area contributed by atoms with Crippen LogP contribution in [0.5, 0.6) is 0 Å². The van der Waals surface area contributed by atoms with E-state index >= 15 is 0 Å². The van der Waals surface area contributed by atoms with Crippen molar-refractivity contribution < 1.29 is 30.4 Å². The van der Waals surface area contributed by atoms with E-state index in [4.69, 9.17) is 0 Å². The molecule has 44 heavy (non-hydrogen) atoms. The monoisotopic (exact) mass is 663 g/mol. The van der Waals surface area contributed by atoms with Crippen LogP contribution in [0.1, 0.15) is 29.5 Å². The highest BCUT2D eigenvalue weighted by molar-refractivity contribution is 7.88. The Kier molecular flexibility index (Phi) is 12.1. The lowest BCUT2D eigenvalue weighted by atomic mass is 10.1. The second-order valence-corrected chi connectivity index (χ2v) is 17.0. The molecule has 1 saturated heterocycles. The SMILES string of the molecule is O=S(=O)(Cc1ccccc1)N1CCCN(S(=O)(=O)Cc2ccccc2)CC(CO)CN(S(=O)(=O)Cc2ccccc2)CCC1. The molecule has 10 nitrogen and oxygen atoms in total. The molecule has 1 aliphatic heterocycles. The number of hydrogen-bond acceptors (Lipinski definition) is 7. The number of sulfonamides is 3. The normalized spacial score (nSPS) is 17.9. The molecule has 0 radical (unpaired) electrons. The number of hydrogen-bond donors (Lipinski definition) is 1. The minimum Gasteiger partial charge on any atom is -0.396 e. The summed E-state index contributed by atoms with van der Waals surface area (Å²) in [5.41, 5.74) is 1.82. The first-order valence-corrected chi connectivity index (χ1v) is 19.5. The maximum Gasteiger partial charge on any atom is 0.218 e. The maximum absolute atomic E-state index is 13.7. The summed E-state index contributed by atoms with van der Waals surface area (Å²) in [6.07, 6.45) is 0.492. The summed E-state index contributed by atoms with van der Waals surface area (Å²) < 4.78 is 85.6. The van der Waals surface area contributed by atoms with Gasteiger partial charge in [0.15, 0.2) is 0 Å². The zero-order chi connectivity index (χ0) is 31.6. The van der Waals surface area contributed by atoms with Crippen molar-refractivity contribution in [1.82, 2.24) is 12.9 Å². The van der Waals surface area contributed by atoms with Crippen LogP contribution in [0.4, 0.5) is 0 Å². The highest BCUT2D eigenvalue weighted by Gasteiger charge is 2.32. The number of aliphatic hydroxyl groups excluding tert-OH is 1. The average Bonchev–Trinajstić information content (AvgIpc) is 2.98. The molecule has 1 aliphatic rings. The predicted octanol–water partition coefficient (Wildman–Crippen LogP) is 2.88. The molecule has 0 amide bonds.